The number of aromatic nitrogens is 2. The number of nitrogens with one attached hydrogen (secondary N) is 1. The molecule has 0 saturated carbocycles. The Kier molecular flexibility index (Phi) is 5.54. The summed E-state index contributed by atoms with van der Waals surface area (Å²) in [5, 5.41) is 3.47. The molecule has 1 fully saturated rings. The van der Waals surface area contributed by atoms with Gasteiger partial charge in [0.2, 0.25) is 0 Å². The molecule has 3 aromatic rings. The number of anilines is 1. The number of benzene rings is 1. The number of pyridine rings is 1. The van der Waals surface area contributed by atoms with Crippen LogP contribution in [0.2, 0.25) is 0 Å². The molecule has 0 bridgehead atoms. The molecule has 0 spiro atoms. The van der Waals surface area contributed by atoms with Crippen molar-refractivity contribution in [2.24, 2.45) is 0 Å². The Bertz CT molecular complexity index is 1040. The largest absolute Gasteiger partial charge is 0.380 e. The Balaban J connectivity index is 1.43. The maximum Gasteiger partial charge on any atom is 0.137 e. The maximum atomic E-state index is 14.0. The highest BCUT2D eigenvalue weighted by Crippen LogP contribution is 2.29. The van der Waals surface area contributed by atoms with Gasteiger partial charge in [-0.1, -0.05) is 25.6 Å². The topological polar surface area (TPSA) is 32.6 Å². The number of nitrogens with zero attached hydrogens (tertiary/aromatic N) is 3. The summed E-state index contributed by atoms with van der Waals surface area (Å²) in [4.78, 5) is 7.04. The minimum absolute atomic E-state index is 0.592. The van der Waals surface area contributed by atoms with Crippen LogP contribution in [0.5, 0.6) is 0 Å². The average molecular weight is 407 g/mol. The van der Waals surface area contributed by atoms with Gasteiger partial charge in [0.15, 0.2) is 0 Å². The van der Waals surface area contributed by atoms with Crippen LogP contribution >= 0.6 is 0 Å². The lowest BCUT2D eigenvalue weighted by molar-refractivity contribution is 0.149. The number of piperidine rings is 1. The molecule has 1 aliphatic rings. The molecule has 0 aliphatic carbocycles. The fraction of sp³-hybridized carbons (Fsp3) is 0.400. The first-order chi connectivity index (χ1) is 14.4. The van der Waals surface area contributed by atoms with Gasteiger partial charge in [0.05, 0.1) is 17.1 Å². The van der Waals surface area contributed by atoms with E-state index in [-0.39, 0.29) is 0 Å². The van der Waals surface area contributed by atoms with E-state index in [1.54, 1.807) is 6.92 Å². The third kappa shape index (κ3) is 4.20. The van der Waals surface area contributed by atoms with Crippen molar-refractivity contribution in [3.63, 3.8) is 0 Å². The minimum Gasteiger partial charge on any atom is -0.380 e. The van der Waals surface area contributed by atoms with Crippen molar-refractivity contribution in [2.45, 2.75) is 52.2 Å². The van der Waals surface area contributed by atoms with Gasteiger partial charge < -0.3 is 10.2 Å². The van der Waals surface area contributed by atoms with Crippen LogP contribution in [0.15, 0.2) is 49.2 Å². The number of rotatable bonds is 6. The summed E-state index contributed by atoms with van der Waals surface area (Å²) >= 11 is 0. The molecule has 0 amide bonds. The Morgan fingerprint density at radius 3 is 2.57 bits per heavy atom. The molecule has 0 radical (unpaired) electrons. The third-order valence-electron chi connectivity index (χ3n) is 6.09. The van der Waals surface area contributed by atoms with Crippen molar-refractivity contribution in [2.75, 3.05) is 18.0 Å². The molecule has 158 valence electrons. The maximum absolute atomic E-state index is 14.0. The second-order valence-corrected chi connectivity index (χ2v) is 8.59. The molecule has 1 aliphatic heterocycles. The van der Waals surface area contributed by atoms with E-state index >= 15 is 0 Å². The van der Waals surface area contributed by atoms with E-state index in [9.17, 15) is 4.39 Å². The zero-order chi connectivity index (χ0) is 21.3. The van der Waals surface area contributed by atoms with E-state index in [0.29, 0.717) is 19.4 Å². The van der Waals surface area contributed by atoms with Crippen molar-refractivity contribution in [3.8, 4) is 0 Å². The van der Waals surface area contributed by atoms with E-state index in [1.807, 2.05) is 0 Å². The Labute approximate surface area is 178 Å². The number of hydrogen-bond donors (Lipinski definition) is 1. The van der Waals surface area contributed by atoms with Gasteiger partial charge in [-0.05, 0) is 68.5 Å². The minimum atomic E-state index is -1.02. The van der Waals surface area contributed by atoms with Crippen LogP contribution in [-0.2, 0) is 13.0 Å². The summed E-state index contributed by atoms with van der Waals surface area (Å²) in [7, 11) is 0. The Hall–Kier alpha value is -2.82. The highest BCUT2D eigenvalue weighted by atomic mass is 19.1. The quantitative estimate of drug-likeness (QED) is 0.603. The van der Waals surface area contributed by atoms with Crippen molar-refractivity contribution in [1.29, 1.82) is 0 Å². The smallest absolute Gasteiger partial charge is 0.137 e. The van der Waals surface area contributed by atoms with E-state index in [1.165, 1.54) is 16.8 Å². The molecular formula is C25H31FN4. The van der Waals surface area contributed by atoms with Crippen molar-refractivity contribution < 1.29 is 4.39 Å². The summed E-state index contributed by atoms with van der Waals surface area (Å²) in [6, 6.07) is 12.7. The second kappa shape index (κ2) is 8.13. The van der Waals surface area contributed by atoms with Crippen LogP contribution in [0.4, 0.5) is 10.1 Å². The van der Waals surface area contributed by atoms with Gasteiger partial charge in [0, 0.05) is 31.5 Å². The zero-order valence-electron chi connectivity index (χ0n) is 18.2. The van der Waals surface area contributed by atoms with Crippen molar-refractivity contribution in [3.05, 3.63) is 71.7 Å². The summed E-state index contributed by atoms with van der Waals surface area (Å²) in [6.07, 6.45) is 4.11. The Morgan fingerprint density at radius 1 is 1.20 bits per heavy atom. The van der Waals surface area contributed by atoms with E-state index < -0.39 is 5.67 Å². The second-order valence-electron chi connectivity index (χ2n) is 8.59. The van der Waals surface area contributed by atoms with Crippen molar-refractivity contribution >= 4 is 17.0 Å². The summed E-state index contributed by atoms with van der Waals surface area (Å²) in [5.41, 5.74) is 6.48. The van der Waals surface area contributed by atoms with Crippen LogP contribution in [0, 0.1) is 6.92 Å². The number of halogens is 1. The van der Waals surface area contributed by atoms with Crippen LogP contribution in [0.3, 0.4) is 0 Å². The molecule has 1 saturated heterocycles. The van der Waals surface area contributed by atoms with Crippen LogP contribution in [0.25, 0.3) is 11.3 Å². The molecular weight excluding hydrogens is 375 g/mol. The Morgan fingerprint density at radius 2 is 1.90 bits per heavy atom. The lowest BCUT2D eigenvalue weighted by Crippen LogP contribution is -2.40. The highest BCUT2D eigenvalue weighted by Gasteiger charge is 2.29. The molecule has 0 atom stereocenters. The first-order valence-electron chi connectivity index (χ1n) is 10.8. The van der Waals surface area contributed by atoms with Gasteiger partial charge in [-0.3, -0.25) is 4.40 Å². The van der Waals surface area contributed by atoms with E-state index in [4.69, 9.17) is 4.98 Å². The molecule has 4 rings (SSSR count). The number of hydrogen-bond acceptors (Lipinski definition) is 3. The van der Waals surface area contributed by atoms with Crippen LogP contribution < -0.4 is 10.2 Å². The van der Waals surface area contributed by atoms with Gasteiger partial charge >= 0.3 is 0 Å². The average Bonchev–Trinajstić information content (AvgIpc) is 3.10. The summed E-state index contributed by atoms with van der Waals surface area (Å²) in [6.45, 7) is 12.4. The van der Waals surface area contributed by atoms with Gasteiger partial charge in [-0.25, -0.2) is 9.37 Å². The van der Waals surface area contributed by atoms with E-state index in [0.717, 1.165) is 42.2 Å². The number of imidazole rings is 1. The molecule has 1 aromatic carbocycles. The van der Waals surface area contributed by atoms with E-state index in [2.05, 4.69) is 77.6 Å². The molecule has 30 heavy (non-hydrogen) atoms. The monoisotopic (exact) mass is 406 g/mol. The molecule has 4 nitrogen and oxygen atoms in total. The third-order valence-corrected chi connectivity index (χ3v) is 6.09. The molecule has 5 heteroatoms. The lowest BCUT2D eigenvalue weighted by Gasteiger charge is -2.35. The fourth-order valence-corrected chi connectivity index (χ4v) is 4.11. The van der Waals surface area contributed by atoms with Gasteiger partial charge in [0.25, 0.3) is 0 Å². The number of aryl methyl sites for hydroxylation is 2. The highest BCUT2D eigenvalue weighted by molar-refractivity contribution is 5.65. The first kappa shape index (κ1) is 20.5. The molecule has 3 heterocycles. The molecule has 1 N–H and O–H groups in total. The summed E-state index contributed by atoms with van der Waals surface area (Å²) in [5.74, 6) is 0. The lowest BCUT2D eigenvalue weighted by atomic mass is 9.95. The molecule has 0 unspecified atom stereocenters. The standard InChI is InChI=1S/C25H31FN4/c1-5-22-24(30-13-10-18(2)16-23(30)28-22)19(3)27-17-20-6-8-21(9-7-20)29-14-11-25(4,26)12-15-29/h6-10,13,16,27H,3,5,11-12,14-15,17H2,1-2,4H3. The van der Waals surface area contributed by atoms with Crippen LogP contribution in [-0.4, -0.2) is 28.1 Å². The fourth-order valence-electron chi connectivity index (χ4n) is 4.11. The zero-order valence-corrected chi connectivity index (χ0v) is 18.2. The number of alkyl halides is 1. The predicted molar refractivity (Wildman–Crippen MR) is 123 cm³/mol. The van der Waals surface area contributed by atoms with Crippen LogP contribution in [0.1, 0.15) is 49.2 Å². The van der Waals surface area contributed by atoms with Gasteiger partial charge in [-0.15, -0.1) is 0 Å². The predicted octanol–water partition coefficient (Wildman–Crippen LogP) is 5.29. The first-order valence-corrected chi connectivity index (χ1v) is 10.8. The normalized spacial score (nSPS) is 16.1. The molecule has 2 aromatic heterocycles. The van der Waals surface area contributed by atoms with Gasteiger partial charge in [0.1, 0.15) is 11.3 Å². The summed E-state index contributed by atoms with van der Waals surface area (Å²) < 4.78 is 16.1. The number of fused-ring (bicyclic) bond motifs is 1. The van der Waals surface area contributed by atoms with Crippen molar-refractivity contribution in [1.82, 2.24) is 14.7 Å². The van der Waals surface area contributed by atoms with Gasteiger partial charge in [-0.2, -0.15) is 0 Å². The SMILES string of the molecule is C=C(NCc1ccc(N2CCC(C)(F)CC2)cc1)c1c(CC)nc2cc(C)ccn12.